The third-order valence-corrected chi connectivity index (χ3v) is 7.93. The number of carbonyl (C=O) groups is 2. The molecule has 0 aromatic carbocycles. The highest BCUT2D eigenvalue weighted by atomic mass is 16.6. The van der Waals surface area contributed by atoms with E-state index in [1.807, 2.05) is 0 Å². The molecule has 5 heteroatoms. The van der Waals surface area contributed by atoms with Crippen LogP contribution in [0.15, 0.2) is 72.9 Å². The third-order valence-electron chi connectivity index (χ3n) is 7.93. The van der Waals surface area contributed by atoms with Crippen LogP contribution in [-0.2, 0) is 19.1 Å². The Morgan fingerprint density at radius 1 is 0.458 bits per heavy atom. The van der Waals surface area contributed by atoms with E-state index in [0.717, 1.165) is 89.9 Å². The van der Waals surface area contributed by atoms with Crippen molar-refractivity contribution in [1.29, 1.82) is 0 Å². The number of allylic oxidation sites excluding steroid dienone is 12. The topological polar surface area (TPSA) is 72.8 Å². The molecule has 0 radical (unpaired) electrons. The first-order valence-corrected chi connectivity index (χ1v) is 19.5. The molecule has 0 saturated carbocycles. The van der Waals surface area contributed by atoms with Gasteiger partial charge in [-0.1, -0.05) is 145 Å². The number of aliphatic hydroxyl groups excluding tert-OH is 1. The lowest BCUT2D eigenvalue weighted by Crippen LogP contribution is -2.25. The van der Waals surface area contributed by atoms with Crippen LogP contribution >= 0.6 is 0 Å². The van der Waals surface area contributed by atoms with E-state index in [1.54, 1.807) is 0 Å². The van der Waals surface area contributed by atoms with Crippen LogP contribution in [0.2, 0.25) is 0 Å². The van der Waals surface area contributed by atoms with Crippen molar-refractivity contribution in [2.45, 2.75) is 174 Å². The predicted octanol–water partition coefficient (Wildman–Crippen LogP) is 12.2. The second kappa shape index (κ2) is 38.8. The van der Waals surface area contributed by atoms with Crippen LogP contribution in [-0.4, -0.2) is 36.4 Å². The van der Waals surface area contributed by atoms with Gasteiger partial charge >= 0.3 is 11.9 Å². The molecule has 0 saturated heterocycles. The summed E-state index contributed by atoms with van der Waals surface area (Å²) < 4.78 is 10.3. The summed E-state index contributed by atoms with van der Waals surface area (Å²) >= 11 is 0. The summed E-state index contributed by atoms with van der Waals surface area (Å²) in [4.78, 5) is 23.9. The zero-order valence-electron chi connectivity index (χ0n) is 31.0. The van der Waals surface area contributed by atoms with Crippen LogP contribution in [0.4, 0.5) is 0 Å². The van der Waals surface area contributed by atoms with Gasteiger partial charge in [0.2, 0.25) is 0 Å². The molecule has 48 heavy (non-hydrogen) atoms. The van der Waals surface area contributed by atoms with Gasteiger partial charge in [-0.05, 0) is 83.5 Å². The Labute approximate surface area is 295 Å². The Kier molecular flexibility index (Phi) is 36.6. The van der Waals surface area contributed by atoms with E-state index in [1.165, 1.54) is 51.4 Å². The predicted molar refractivity (Wildman–Crippen MR) is 205 cm³/mol. The van der Waals surface area contributed by atoms with E-state index in [2.05, 4.69) is 86.8 Å². The smallest absolute Gasteiger partial charge is 0.305 e. The van der Waals surface area contributed by atoms with Crippen molar-refractivity contribution < 1.29 is 24.2 Å². The minimum atomic E-state index is -0.981. The highest BCUT2D eigenvalue weighted by molar-refractivity contribution is 5.69. The van der Waals surface area contributed by atoms with E-state index in [9.17, 15) is 14.7 Å². The number of ether oxygens (including phenoxy) is 2. The third kappa shape index (κ3) is 37.8. The molecular weight excluding hydrogens is 596 g/mol. The zero-order chi connectivity index (χ0) is 35.0. The number of esters is 2. The van der Waals surface area contributed by atoms with E-state index in [0.29, 0.717) is 12.8 Å². The van der Waals surface area contributed by atoms with Gasteiger partial charge in [0.25, 0.3) is 0 Å². The molecule has 0 heterocycles. The highest BCUT2D eigenvalue weighted by Gasteiger charge is 2.12. The molecule has 0 aromatic heterocycles. The van der Waals surface area contributed by atoms with E-state index in [-0.39, 0.29) is 25.2 Å². The summed E-state index contributed by atoms with van der Waals surface area (Å²) in [7, 11) is 0. The maximum absolute atomic E-state index is 12.0. The fourth-order valence-electron chi connectivity index (χ4n) is 4.99. The van der Waals surface area contributed by atoms with Gasteiger partial charge in [0.1, 0.15) is 19.3 Å². The zero-order valence-corrected chi connectivity index (χ0v) is 31.0. The molecule has 0 rings (SSSR count). The van der Waals surface area contributed by atoms with Crippen molar-refractivity contribution in [3.05, 3.63) is 72.9 Å². The Hall–Kier alpha value is -2.66. The van der Waals surface area contributed by atoms with Crippen LogP contribution in [0.1, 0.15) is 168 Å². The van der Waals surface area contributed by atoms with Crippen molar-refractivity contribution in [1.82, 2.24) is 0 Å². The van der Waals surface area contributed by atoms with Crippen molar-refractivity contribution in [3.8, 4) is 0 Å². The minimum absolute atomic E-state index is 0.132. The van der Waals surface area contributed by atoms with Gasteiger partial charge in [0.05, 0.1) is 0 Å². The number of carbonyl (C=O) groups excluding carboxylic acids is 2. The molecule has 0 unspecified atom stereocenters. The Bertz CT molecular complexity index is 895. The molecule has 0 bridgehead atoms. The van der Waals surface area contributed by atoms with Gasteiger partial charge in [-0.25, -0.2) is 0 Å². The first-order valence-electron chi connectivity index (χ1n) is 19.5. The average Bonchev–Trinajstić information content (AvgIpc) is 3.09. The van der Waals surface area contributed by atoms with Gasteiger partial charge in [0, 0.05) is 12.8 Å². The van der Waals surface area contributed by atoms with Crippen LogP contribution in [0.25, 0.3) is 0 Å². The van der Waals surface area contributed by atoms with Crippen molar-refractivity contribution in [3.63, 3.8) is 0 Å². The molecule has 1 N–H and O–H groups in total. The summed E-state index contributed by atoms with van der Waals surface area (Å²) in [6, 6.07) is 0. The van der Waals surface area contributed by atoms with Crippen molar-refractivity contribution in [2.24, 2.45) is 0 Å². The van der Waals surface area contributed by atoms with Crippen LogP contribution < -0.4 is 0 Å². The van der Waals surface area contributed by atoms with Crippen LogP contribution in [0, 0.1) is 0 Å². The number of hydrogen-bond donors (Lipinski definition) is 1. The molecule has 1 atom stereocenters. The lowest BCUT2D eigenvalue weighted by atomic mass is 10.1. The lowest BCUT2D eigenvalue weighted by molar-refractivity contribution is -0.152. The maximum Gasteiger partial charge on any atom is 0.305 e. The van der Waals surface area contributed by atoms with Gasteiger partial charge in [-0.3, -0.25) is 9.59 Å². The maximum atomic E-state index is 12.0. The summed E-state index contributed by atoms with van der Waals surface area (Å²) in [5, 5.41) is 10.0. The minimum Gasteiger partial charge on any atom is -0.463 e. The summed E-state index contributed by atoms with van der Waals surface area (Å²) in [5.74, 6) is -0.607. The van der Waals surface area contributed by atoms with E-state index >= 15 is 0 Å². The second-order valence-electron chi connectivity index (χ2n) is 12.7. The van der Waals surface area contributed by atoms with Crippen molar-refractivity contribution >= 4 is 11.9 Å². The Morgan fingerprint density at radius 2 is 0.792 bits per heavy atom. The Morgan fingerprint density at radius 3 is 1.19 bits per heavy atom. The summed E-state index contributed by atoms with van der Waals surface area (Å²) in [6.07, 6.45) is 50.9. The largest absolute Gasteiger partial charge is 0.463 e. The SMILES string of the molecule is CC/C=C\C/C=C\C/C=C\C/C=C\CCCCCCC(=O)OC[C@H](O)COC(=O)CCCCCCCCC/C=C\C/C=C\CCCCC. The van der Waals surface area contributed by atoms with E-state index < -0.39 is 6.10 Å². The van der Waals surface area contributed by atoms with Crippen LogP contribution in [0.5, 0.6) is 0 Å². The number of hydrogen-bond acceptors (Lipinski definition) is 5. The Balaban J connectivity index is 3.52. The number of unbranched alkanes of at least 4 members (excludes halogenated alkanes) is 14. The average molecular weight is 669 g/mol. The van der Waals surface area contributed by atoms with Crippen LogP contribution in [0.3, 0.4) is 0 Å². The molecular formula is C43H72O5. The van der Waals surface area contributed by atoms with Gasteiger partial charge in [0.15, 0.2) is 0 Å². The number of aliphatic hydroxyl groups is 1. The first-order chi connectivity index (χ1) is 23.6. The molecule has 0 amide bonds. The van der Waals surface area contributed by atoms with Crippen molar-refractivity contribution in [2.75, 3.05) is 13.2 Å². The van der Waals surface area contributed by atoms with Gasteiger partial charge < -0.3 is 14.6 Å². The molecule has 0 fully saturated rings. The molecule has 0 aliphatic carbocycles. The molecule has 5 nitrogen and oxygen atoms in total. The van der Waals surface area contributed by atoms with E-state index in [4.69, 9.17) is 9.47 Å². The quantitative estimate of drug-likeness (QED) is 0.0420. The van der Waals surface area contributed by atoms with Gasteiger partial charge in [-0.2, -0.15) is 0 Å². The monoisotopic (exact) mass is 669 g/mol. The molecule has 0 aliphatic heterocycles. The standard InChI is InChI=1S/C43H72O5/c1-3-5-7-9-11-13-15-17-19-21-23-25-27-29-31-33-35-37-42(45)47-39-41(44)40-48-43(46)38-36-34-32-30-28-26-24-22-20-18-16-14-12-10-8-6-4-2/h5,7,11-14,17-20,23,25,41,44H,3-4,6,8-10,15-16,21-22,24,26-40H2,1-2H3/b7-5-,13-11-,14-12-,19-17-,20-18-,25-23-/t41-/m0/s1. The molecule has 274 valence electrons. The fourth-order valence-corrected chi connectivity index (χ4v) is 4.99. The first kappa shape index (κ1) is 45.3. The fraction of sp³-hybridized carbons (Fsp3) is 0.674. The molecule has 0 spiro atoms. The normalized spacial score (nSPS) is 13.0. The summed E-state index contributed by atoms with van der Waals surface area (Å²) in [5.41, 5.74) is 0. The van der Waals surface area contributed by atoms with Gasteiger partial charge in [-0.15, -0.1) is 0 Å². The lowest BCUT2D eigenvalue weighted by Gasteiger charge is -2.12. The number of rotatable bonds is 34. The second-order valence-corrected chi connectivity index (χ2v) is 12.7. The summed E-state index contributed by atoms with van der Waals surface area (Å²) in [6.45, 7) is 4.12. The molecule has 0 aliphatic rings. The molecule has 0 aromatic rings. The highest BCUT2D eigenvalue weighted by Crippen LogP contribution is 2.11.